The molecule has 0 aliphatic carbocycles. The Bertz CT molecular complexity index is 513. The van der Waals surface area contributed by atoms with E-state index in [1.807, 2.05) is 0 Å². The fourth-order valence-electron chi connectivity index (χ4n) is 1.89. The monoisotopic (exact) mass is 415 g/mol. The zero-order valence-corrected chi connectivity index (χ0v) is 13.9. The standard InChI is InChI=1S/C15H15BrIN/c1-2-15(11-6-4-3-5-7-11)18-12-8-9-14(17)13(16)10-12/h3-10,15,18H,2H2,1H3. The molecule has 2 rings (SSSR count). The summed E-state index contributed by atoms with van der Waals surface area (Å²) >= 11 is 5.89. The molecule has 0 fully saturated rings. The first-order valence-electron chi connectivity index (χ1n) is 5.97. The van der Waals surface area contributed by atoms with Crippen LogP contribution in [0.2, 0.25) is 0 Å². The lowest BCUT2D eigenvalue weighted by molar-refractivity contribution is 0.749. The predicted octanol–water partition coefficient (Wildman–Crippen LogP) is 5.62. The highest BCUT2D eigenvalue weighted by atomic mass is 127. The Balaban J connectivity index is 2.18. The smallest absolute Gasteiger partial charge is 0.0511 e. The van der Waals surface area contributed by atoms with Gasteiger partial charge in [-0.1, -0.05) is 37.3 Å². The molecule has 18 heavy (non-hydrogen) atoms. The average Bonchev–Trinajstić information content (AvgIpc) is 2.41. The van der Waals surface area contributed by atoms with Gasteiger partial charge in [-0.3, -0.25) is 0 Å². The predicted molar refractivity (Wildman–Crippen MR) is 90.0 cm³/mol. The van der Waals surface area contributed by atoms with Crippen LogP contribution in [0, 0.1) is 3.57 Å². The van der Waals surface area contributed by atoms with Crippen LogP contribution in [0.1, 0.15) is 24.9 Å². The molecule has 2 aromatic carbocycles. The highest BCUT2D eigenvalue weighted by Crippen LogP contribution is 2.27. The number of halogens is 2. The van der Waals surface area contributed by atoms with Gasteiger partial charge in [-0.05, 0) is 68.7 Å². The van der Waals surface area contributed by atoms with E-state index in [4.69, 9.17) is 0 Å². The molecule has 0 aliphatic heterocycles. The number of rotatable bonds is 4. The topological polar surface area (TPSA) is 12.0 Å². The maximum absolute atomic E-state index is 3.58. The van der Waals surface area contributed by atoms with Crippen LogP contribution in [0.5, 0.6) is 0 Å². The van der Waals surface area contributed by atoms with E-state index in [2.05, 4.69) is 99.3 Å². The van der Waals surface area contributed by atoms with Crippen molar-refractivity contribution >= 4 is 44.2 Å². The fraction of sp³-hybridized carbons (Fsp3) is 0.200. The SMILES string of the molecule is CCC(Nc1ccc(I)c(Br)c1)c1ccccc1. The summed E-state index contributed by atoms with van der Waals surface area (Å²) in [6, 6.07) is 17.3. The zero-order valence-electron chi connectivity index (χ0n) is 10.2. The van der Waals surface area contributed by atoms with Gasteiger partial charge in [0.15, 0.2) is 0 Å². The fourth-order valence-corrected chi connectivity index (χ4v) is 2.61. The molecule has 2 aromatic rings. The van der Waals surface area contributed by atoms with E-state index in [-0.39, 0.29) is 0 Å². The zero-order chi connectivity index (χ0) is 13.0. The van der Waals surface area contributed by atoms with E-state index in [1.54, 1.807) is 0 Å². The van der Waals surface area contributed by atoms with Gasteiger partial charge in [0.2, 0.25) is 0 Å². The maximum atomic E-state index is 3.58. The van der Waals surface area contributed by atoms with Gasteiger partial charge in [0, 0.05) is 13.7 Å². The van der Waals surface area contributed by atoms with Gasteiger partial charge in [0.1, 0.15) is 0 Å². The van der Waals surface area contributed by atoms with Crippen LogP contribution in [0.4, 0.5) is 5.69 Å². The van der Waals surface area contributed by atoms with Crippen LogP contribution < -0.4 is 5.32 Å². The molecule has 0 aromatic heterocycles. The van der Waals surface area contributed by atoms with E-state index < -0.39 is 0 Å². The second-order valence-electron chi connectivity index (χ2n) is 4.14. The Morgan fingerprint density at radius 3 is 2.50 bits per heavy atom. The van der Waals surface area contributed by atoms with Crippen molar-refractivity contribution in [3.05, 3.63) is 62.1 Å². The van der Waals surface area contributed by atoms with Crippen LogP contribution in [-0.4, -0.2) is 0 Å². The Labute approximate surface area is 130 Å². The minimum atomic E-state index is 0.359. The molecular formula is C15H15BrIN. The Morgan fingerprint density at radius 2 is 1.89 bits per heavy atom. The molecule has 0 bridgehead atoms. The molecule has 1 N–H and O–H groups in total. The average molecular weight is 416 g/mol. The van der Waals surface area contributed by atoms with Crippen molar-refractivity contribution in [2.45, 2.75) is 19.4 Å². The largest absolute Gasteiger partial charge is 0.378 e. The van der Waals surface area contributed by atoms with Crippen molar-refractivity contribution in [1.82, 2.24) is 0 Å². The molecule has 94 valence electrons. The van der Waals surface area contributed by atoms with Gasteiger partial charge in [0.05, 0.1) is 6.04 Å². The lowest BCUT2D eigenvalue weighted by Gasteiger charge is -2.19. The van der Waals surface area contributed by atoms with E-state index >= 15 is 0 Å². The number of hydrogen-bond acceptors (Lipinski definition) is 1. The minimum absolute atomic E-state index is 0.359. The molecule has 0 amide bonds. The van der Waals surface area contributed by atoms with Crippen molar-refractivity contribution in [3.63, 3.8) is 0 Å². The van der Waals surface area contributed by atoms with Gasteiger partial charge in [-0.25, -0.2) is 0 Å². The number of nitrogens with one attached hydrogen (secondary N) is 1. The molecule has 0 heterocycles. The number of hydrogen-bond donors (Lipinski definition) is 1. The lowest BCUT2D eigenvalue weighted by Crippen LogP contribution is -2.09. The first-order chi connectivity index (χ1) is 8.70. The summed E-state index contributed by atoms with van der Waals surface area (Å²) in [4.78, 5) is 0. The summed E-state index contributed by atoms with van der Waals surface area (Å²) in [5.41, 5.74) is 2.48. The van der Waals surface area contributed by atoms with Crippen LogP contribution >= 0.6 is 38.5 Å². The lowest BCUT2D eigenvalue weighted by atomic mass is 10.0. The molecule has 0 saturated carbocycles. The van der Waals surface area contributed by atoms with Crippen molar-refractivity contribution in [1.29, 1.82) is 0 Å². The Hall–Kier alpha value is -0.550. The van der Waals surface area contributed by atoms with Gasteiger partial charge < -0.3 is 5.32 Å². The van der Waals surface area contributed by atoms with Crippen molar-refractivity contribution in [2.24, 2.45) is 0 Å². The van der Waals surface area contributed by atoms with E-state index in [0.29, 0.717) is 6.04 Å². The van der Waals surface area contributed by atoms with E-state index in [9.17, 15) is 0 Å². The molecule has 3 heteroatoms. The quantitative estimate of drug-likeness (QED) is 0.639. The Kier molecular flexibility index (Phi) is 5.06. The van der Waals surface area contributed by atoms with Gasteiger partial charge in [-0.2, -0.15) is 0 Å². The van der Waals surface area contributed by atoms with E-state index in [0.717, 1.165) is 16.6 Å². The van der Waals surface area contributed by atoms with Gasteiger partial charge in [-0.15, -0.1) is 0 Å². The molecule has 1 atom stereocenters. The summed E-state index contributed by atoms with van der Waals surface area (Å²) in [5.74, 6) is 0. The van der Waals surface area contributed by atoms with Crippen molar-refractivity contribution < 1.29 is 0 Å². The third-order valence-corrected chi connectivity index (χ3v) is 5.21. The second-order valence-corrected chi connectivity index (χ2v) is 6.16. The number of anilines is 1. The molecule has 1 nitrogen and oxygen atoms in total. The molecule has 0 radical (unpaired) electrons. The highest BCUT2D eigenvalue weighted by Gasteiger charge is 2.09. The van der Waals surface area contributed by atoms with Crippen LogP contribution in [0.15, 0.2) is 53.0 Å². The van der Waals surface area contributed by atoms with Gasteiger partial charge >= 0.3 is 0 Å². The molecule has 0 spiro atoms. The minimum Gasteiger partial charge on any atom is -0.378 e. The second kappa shape index (κ2) is 6.57. The number of benzene rings is 2. The molecule has 0 saturated heterocycles. The summed E-state index contributed by atoms with van der Waals surface area (Å²) in [6.07, 6.45) is 1.06. The summed E-state index contributed by atoms with van der Waals surface area (Å²) in [6.45, 7) is 2.20. The third-order valence-electron chi connectivity index (χ3n) is 2.87. The molecule has 0 aliphatic rings. The van der Waals surface area contributed by atoms with Crippen molar-refractivity contribution in [2.75, 3.05) is 5.32 Å². The summed E-state index contributed by atoms with van der Waals surface area (Å²) in [7, 11) is 0. The molecular weight excluding hydrogens is 401 g/mol. The normalized spacial score (nSPS) is 12.2. The summed E-state index contributed by atoms with van der Waals surface area (Å²) in [5, 5.41) is 3.58. The molecule has 1 unspecified atom stereocenters. The first-order valence-corrected chi connectivity index (χ1v) is 7.84. The summed E-state index contributed by atoms with van der Waals surface area (Å²) < 4.78 is 2.36. The first kappa shape index (κ1) is 13.9. The van der Waals surface area contributed by atoms with Crippen molar-refractivity contribution in [3.8, 4) is 0 Å². The van der Waals surface area contributed by atoms with E-state index in [1.165, 1.54) is 9.13 Å². The van der Waals surface area contributed by atoms with Crippen LogP contribution in [0.3, 0.4) is 0 Å². The highest BCUT2D eigenvalue weighted by molar-refractivity contribution is 14.1. The van der Waals surface area contributed by atoms with Crippen LogP contribution in [-0.2, 0) is 0 Å². The van der Waals surface area contributed by atoms with Gasteiger partial charge in [0.25, 0.3) is 0 Å². The van der Waals surface area contributed by atoms with Crippen LogP contribution in [0.25, 0.3) is 0 Å². The maximum Gasteiger partial charge on any atom is 0.0511 e. The Morgan fingerprint density at radius 1 is 1.17 bits per heavy atom. The third kappa shape index (κ3) is 3.48.